The number of rotatable bonds is 8. The standard InChI is InChI=1S/C14H28O4/c1-2-14(9-16,10-17)11-18-8-13-5-3-12(7-15)4-6-13/h12-13,15-17H,2-11H2,1H3. The SMILES string of the molecule is CCC(CO)(CO)COCC1CCC(CO)CC1. The third kappa shape index (κ3) is 4.50. The summed E-state index contributed by atoms with van der Waals surface area (Å²) in [5.74, 6) is 1.05. The van der Waals surface area contributed by atoms with Gasteiger partial charge in [-0.2, -0.15) is 0 Å². The van der Waals surface area contributed by atoms with E-state index in [0.29, 0.717) is 31.7 Å². The minimum Gasteiger partial charge on any atom is -0.396 e. The average molecular weight is 260 g/mol. The van der Waals surface area contributed by atoms with Crippen molar-refractivity contribution >= 4 is 0 Å². The summed E-state index contributed by atoms with van der Waals surface area (Å²) in [6.07, 6.45) is 5.12. The molecule has 0 unspecified atom stereocenters. The van der Waals surface area contributed by atoms with Crippen LogP contribution in [0.15, 0.2) is 0 Å². The van der Waals surface area contributed by atoms with Crippen LogP contribution in [0.4, 0.5) is 0 Å². The molecule has 0 atom stereocenters. The second-order valence-electron chi connectivity index (χ2n) is 5.75. The number of aliphatic hydroxyl groups excluding tert-OH is 3. The Morgan fingerprint density at radius 3 is 2.00 bits per heavy atom. The van der Waals surface area contributed by atoms with Gasteiger partial charge >= 0.3 is 0 Å². The van der Waals surface area contributed by atoms with Crippen LogP contribution in [-0.2, 0) is 4.74 Å². The molecule has 0 bridgehead atoms. The van der Waals surface area contributed by atoms with Gasteiger partial charge in [0, 0.05) is 18.6 Å². The van der Waals surface area contributed by atoms with Gasteiger partial charge in [-0.15, -0.1) is 0 Å². The van der Waals surface area contributed by atoms with Crippen molar-refractivity contribution in [3.05, 3.63) is 0 Å². The molecule has 0 aromatic heterocycles. The zero-order valence-corrected chi connectivity index (χ0v) is 11.5. The van der Waals surface area contributed by atoms with Crippen LogP contribution in [0.3, 0.4) is 0 Å². The zero-order valence-electron chi connectivity index (χ0n) is 11.5. The van der Waals surface area contributed by atoms with Gasteiger partial charge < -0.3 is 20.1 Å². The molecule has 0 saturated heterocycles. The summed E-state index contributed by atoms with van der Waals surface area (Å²) < 4.78 is 5.70. The molecular formula is C14H28O4. The van der Waals surface area contributed by atoms with Crippen LogP contribution >= 0.6 is 0 Å². The zero-order chi connectivity index (χ0) is 13.4. The molecule has 3 N–H and O–H groups in total. The molecule has 4 heteroatoms. The van der Waals surface area contributed by atoms with E-state index in [9.17, 15) is 10.2 Å². The molecule has 0 amide bonds. The van der Waals surface area contributed by atoms with Crippen LogP contribution < -0.4 is 0 Å². The Hall–Kier alpha value is -0.160. The van der Waals surface area contributed by atoms with E-state index in [2.05, 4.69) is 0 Å². The molecule has 4 nitrogen and oxygen atoms in total. The Balaban J connectivity index is 2.21. The predicted octanol–water partition coefficient (Wildman–Crippen LogP) is 1.18. The Bertz CT molecular complexity index is 200. The van der Waals surface area contributed by atoms with Gasteiger partial charge in [0.05, 0.1) is 19.8 Å². The average Bonchev–Trinajstić information content (AvgIpc) is 2.45. The number of aliphatic hydroxyl groups is 3. The van der Waals surface area contributed by atoms with E-state index in [1.807, 2.05) is 6.92 Å². The summed E-state index contributed by atoms with van der Waals surface area (Å²) in [4.78, 5) is 0. The minimum atomic E-state index is -0.484. The van der Waals surface area contributed by atoms with Gasteiger partial charge in [0.25, 0.3) is 0 Å². The van der Waals surface area contributed by atoms with Gasteiger partial charge in [-0.1, -0.05) is 6.92 Å². The lowest BCUT2D eigenvalue weighted by Gasteiger charge is -2.31. The summed E-state index contributed by atoms with van der Waals surface area (Å²) >= 11 is 0. The minimum absolute atomic E-state index is 0.0305. The van der Waals surface area contributed by atoms with Crippen LogP contribution in [0.25, 0.3) is 0 Å². The van der Waals surface area contributed by atoms with Gasteiger partial charge in [0.15, 0.2) is 0 Å². The second-order valence-corrected chi connectivity index (χ2v) is 5.75. The molecule has 1 saturated carbocycles. The molecule has 0 radical (unpaired) electrons. The van der Waals surface area contributed by atoms with Gasteiger partial charge in [0.2, 0.25) is 0 Å². The first-order valence-electron chi connectivity index (χ1n) is 7.10. The molecule has 1 rings (SSSR count). The molecule has 1 aliphatic carbocycles. The largest absolute Gasteiger partial charge is 0.396 e. The van der Waals surface area contributed by atoms with E-state index in [1.165, 1.54) is 0 Å². The van der Waals surface area contributed by atoms with Gasteiger partial charge in [-0.25, -0.2) is 0 Å². The van der Waals surface area contributed by atoms with Gasteiger partial charge in [-0.3, -0.25) is 0 Å². The van der Waals surface area contributed by atoms with Crippen LogP contribution in [0.5, 0.6) is 0 Å². The maximum atomic E-state index is 9.31. The van der Waals surface area contributed by atoms with Gasteiger partial charge in [-0.05, 0) is 43.9 Å². The lowest BCUT2D eigenvalue weighted by atomic mass is 9.83. The molecule has 0 heterocycles. The summed E-state index contributed by atoms with van der Waals surface area (Å²) in [5.41, 5.74) is -0.484. The van der Waals surface area contributed by atoms with Crippen molar-refractivity contribution in [1.29, 1.82) is 0 Å². The number of hydrogen-bond acceptors (Lipinski definition) is 4. The van der Waals surface area contributed by atoms with Crippen molar-refractivity contribution in [1.82, 2.24) is 0 Å². The molecule has 1 aliphatic rings. The first kappa shape index (κ1) is 15.9. The molecule has 0 aliphatic heterocycles. The Morgan fingerprint density at radius 1 is 1.00 bits per heavy atom. The second kappa shape index (κ2) is 8.10. The highest BCUT2D eigenvalue weighted by Crippen LogP contribution is 2.29. The van der Waals surface area contributed by atoms with Gasteiger partial charge in [0.1, 0.15) is 0 Å². The van der Waals surface area contributed by atoms with E-state index in [4.69, 9.17) is 9.84 Å². The molecule has 0 aromatic carbocycles. The fourth-order valence-electron chi connectivity index (χ4n) is 2.49. The fourth-order valence-corrected chi connectivity index (χ4v) is 2.49. The topological polar surface area (TPSA) is 69.9 Å². The number of ether oxygens (including phenoxy) is 1. The first-order chi connectivity index (χ1) is 8.69. The van der Waals surface area contributed by atoms with E-state index >= 15 is 0 Å². The molecule has 108 valence electrons. The molecule has 0 spiro atoms. The first-order valence-corrected chi connectivity index (χ1v) is 7.10. The third-order valence-electron chi connectivity index (χ3n) is 4.41. The maximum Gasteiger partial charge on any atom is 0.0566 e. The van der Waals surface area contributed by atoms with Crippen LogP contribution in [-0.4, -0.2) is 48.4 Å². The van der Waals surface area contributed by atoms with Crippen molar-refractivity contribution in [3.63, 3.8) is 0 Å². The van der Waals surface area contributed by atoms with E-state index < -0.39 is 5.41 Å². The Morgan fingerprint density at radius 2 is 1.56 bits per heavy atom. The van der Waals surface area contributed by atoms with Crippen molar-refractivity contribution in [2.45, 2.75) is 39.0 Å². The predicted molar refractivity (Wildman–Crippen MR) is 70.2 cm³/mol. The summed E-state index contributed by atoms with van der Waals surface area (Å²) in [6, 6.07) is 0. The quantitative estimate of drug-likeness (QED) is 0.613. The van der Waals surface area contributed by atoms with E-state index in [-0.39, 0.29) is 13.2 Å². The maximum absolute atomic E-state index is 9.31. The Labute approximate surface area is 110 Å². The van der Waals surface area contributed by atoms with Crippen molar-refractivity contribution < 1.29 is 20.1 Å². The van der Waals surface area contributed by atoms with Crippen molar-refractivity contribution in [3.8, 4) is 0 Å². The summed E-state index contributed by atoms with van der Waals surface area (Å²) in [6.45, 7) is 3.34. The highest BCUT2D eigenvalue weighted by molar-refractivity contribution is 4.77. The number of hydrogen-bond donors (Lipinski definition) is 3. The van der Waals surface area contributed by atoms with Crippen molar-refractivity contribution in [2.24, 2.45) is 17.3 Å². The van der Waals surface area contributed by atoms with Crippen LogP contribution in [0, 0.1) is 17.3 Å². The van der Waals surface area contributed by atoms with Crippen LogP contribution in [0.2, 0.25) is 0 Å². The molecular weight excluding hydrogens is 232 g/mol. The van der Waals surface area contributed by atoms with E-state index in [1.54, 1.807) is 0 Å². The molecule has 1 fully saturated rings. The lowest BCUT2D eigenvalue weighted by Crippen LogP contribution is -2.35. The van der Waals surface area contributed by atoms with Crippen molar-refractivity contribution in [2.75, 3.05) is 33.0 Å². The fraction of sp³-hybridized carbons (Fsp3) is 1.00. The normalized spacial score (nSPS) is 25.3. The van der Waals surface area contributed by atoms with E-state index in [0.717, 1.165) is 32.1 Å². The molecule has 18 heavy (non-hydrogen) atoms. The highest BCUT2D eigenvalue weighted by atomic mass is 16.5. The highest BCUT2D eigenvalue weighted by Gasteiger charge is 2.28. The summed E-state index contributed by atoms with van der Waals surface area (Å²) in [5, 5.41) is 27.7. The third-order valence-corrected chi connectivity index (χ3v) is 4.41. The Kier molecular flexibility index (Phi) is 7.15. The lowest BCUT2D eigenvalue weighted by molar-refractivity contribution is -0.0426. The summed E-state index contributed by atoms with van der Waals surface area (Å²) in [7, 11) is 0. The molecule has 0 aromatic rings. The van der Waals surface area contributed by atoms with Crippen LogP contribution in [0.1, 0.15) is 39.0 Å². The monoisotopic (exact) mass is 260 g/mol. The smallest absolute Gasteiger partial charge is 0.0566 e.